The highest BCUT2D eigenvalue weighted by Crippen LogP contribution is 2.27. The summed E-state index contributed by atoms with van der Waals surface area (Å²) >= 11 is 0. The van der Waals surface area contributed by atoms with Gasteiger partial charge >= 0.3 is 6.09 Å². The maximum Gasteiger partial charge on any atom is 0.412 e. The molecule has 2 rings (SSSR count). The van der Waals surface area contributed by atoms with Gasteiger partial charge in [0, 0.05) is 18.5 Å². The molecular formula is C13H16N2O3. The lowest BCUT2D eigenvalue weighted by molar-refractivity contribution is 0.195. The van der Waals surface area contributed by atoms with Crippen molar-refractivity contribution in [2.24, 2.45) is 0 Å². The number of hydrogen-bond acceptors (Lipinski definition) is 3. The standard InChI is InChI=1S/C13H16N2O3/c1-8-14-10-6-5-9(7-11(10)18-8)15(12(16)17)13(2,3)4/h5-7H,1-4H3,(H,16,17). The van der Waals surface area contributed by atoms with Gasteiger partial charge in [-0.15, -0.1) is 0 Å². The zero-order valence-corrected chi connectivity index (χ0v) is 10.9. The second kappa shape index (κ2) is 4.01. The first-order chi connectivity index (χ1) is 8.29. The molecule has 0 radical (unpaired) electrons. The summed E-state index contributed by atoms with van der Waals surface area (Å²) in [5, 5.41) is 9.32. The summed E-state index contributed by atoms with van der Waals surface area (Å²) in [5.41, 5.74) is 1.39. The molecule has 5 nitrogen and oxygen atoms in total. The van der Waals surface area contributed by atoms with Crippen molar-refractivity contribution in [3.8, 4) is 0 Å². The minimum absolute atomic E-state index is 0.519. The Labute approximate surface area is 105 Å². The Morgan fingerprint density at radius 3 is 2.61 bits per heavy atom. The molecule has 0 unspecified atom stereocenters. The summed E-state index contributed by atoms with van der Waals surface area (Å²) in [6, 6.07) is 5.21. The van der Waals surface area contributed by atoms with Crippen LogP contribution in [0, 0.1) is 6.92 Å². The second-order valence-corrected chi connectivity index (χ2v) is 5.17. The Hall–Kier alpha value is -2.04. The molecule has 96 valence electrons. The number of aryl methyl sites for hydroxylation is 1. The number of rotatable bonds is 1. The van der Waals surface area contributed by atoms with Gasteiger partial charge in [0.25, 0.3) is 0 Å². The van der Waals surface area contributed by atoms with E-state index in [0.29, 0.717) is 17.2 Å². The molecule has 0 spiro atoms. The van der Waals surface area contributed by atoms with Gasteiger partial charge in [0.2, 0.25) is 0 Å². The molecule has 1 heterocycles. The number of amides is 1. The first-order valence-electron chi connectivity index (χ1n) is 5.69. The van der Waals surface area contributed by atoms with Crippen molar-refractivity contribution in [1.29, 1.82) is 0 Å². The molecule has 1 N–H and O–H groups in total. The first kappa shape index (κ1) is 12.4. The highest BCUT2D eigenvalue weighted by Gasteiger charge is 2.28. The number of aromatic nitrogens is 1. The molecule has 5 heteroatoms. The maximum atomic E-state index is 11.4. The molecule has 0 aliphatic rings. The van der Waals surface area contributed by atoms with Crippen molar-refractivity contribution in [1.82, 2.24) is 4.98 Å². The molecule has 1 amide bonds. The van der Waals surface area contributed by atoms with E-state index in [1.807, 2.05) is 20.8 Å². The van der Waals surface area contributed by atoms with Gasteiger partial charge in [-0.25, -0.2) is 9.78 Å². The van der Waals surface area contributed by atoms with Crippen LogP contribution in [0.1, 0.15) is 26.7 Å². The van der Waals surface area contributed by atoms with Gasteiger partial charge in [-0.1, -0.05) is 0 Å². The molecule has 0 saturated heterocycles. The van der Waals surface area contributed by atoms with E-state index in [1.54, 1.807) is 25.1 Å². The topological polar surface area (TPSA) is 66.6 Å². The average Bonchev–Trinajstić information content (AvgIpc) is 2.54. The average molecular weight is 248 g/mol. The van der Waals surface area contributed by atoms with Gasteiger partial charge in [0.1, 0.15) is 5.52 Å². The minimum atomic E-state index is -0.988. The number of hydrogen-bond donors (Lipinski definition) is 1. The van der Waals surface area contributed by atoms with Crippen molar-refractivity contribution >= 4 is 22.9 Å². The zero-order chi connectivity index (χ0) is 13.5. The summed E-state index contributed by atoms with van der Waals surface area (Å²) in [5.74, 6) is 0.569. The van der Waals surface area contributed by atoms with Crippen molar-refractivity contribution in [3.05, 3.63) is 24.1 Å². The molecule has 0 saturated carbocycles. The van der Waals surface area contributed by atoms with E-state index < -0.39 is 11.6 Å². The fraction of sp³-hybridized carbons (Fsp3) is 0.385. The van der Waals surface area contributed by atoms with E-state index in [0.717, 1.165) is 5.52 Å². The Morgan fingerprint density at radius 1 is 1.39 bits per heavy atom. The summed E-state index contributed by atoms with van der Waals surface area (Å²) in [6.07, 6.45) is -0.988. The first-order valence-corrected chi connectivity index (χ1v) is 5.69. The summed E-state index contributed by atoms with van der Waals surface area (Å²) in [7, 11) is 0. The third kappa shape index (κ3) is 2.16. The van der Waals surface area contributed by atoms with Crippen LogP contribution >= 0.6 is 0 Å². The van der Waals surface area contributed by atoms with Crippen molar-refractivity contribution in [2.45, 2.75) is 33.2 Å². The molecule has 0 aliphatic carbocycles. The number of carboxylic acid groups (broad SMARTS) is 1. The van der Waals surface area contributed by atoms with Gasteiger partial charge in [0.15, 0.2) is 11.5 Å². The van der Waals surface area contributed by atoms with Gasteiger partial charge in [-0.2, -0.15) is 0 Å². The Balaban J connectivity index is 2.54. The van der Waals surface area contributed by atoms with Crippen LogP contribution in [-0.2, 0) is 0 Å². The fourth-order valence-corrected chi connectivity index (χ4v) is 1.95. The lowest BCUT2D eigenvalue weighted by Gasteiger charge is -2.32. The molecule has 18 heavy (non-hydrogen) atoms. The maximum absolute atomic E-state index is 11.4. The third-order valence-corrected chi connectivity index (χ3v) is 2.60. The molecular weight excluding hydrogens is 232 g/mol. The van der Waals surface area contributed by atoms with E-state index >= 15 is 0 Å². The predicted molar refractivity (Wildman–Crippen MR) is 69.0 cm³/mol. The smallest absolute Gasteiger partial charge is 0.412 e. The van der Waals surface area contributed by atoms with Crippen LogP contribution in [0.2, 0.25) is 0 Å². The molecule has 2 aromatic rings. The normalized spacial score (nSPS) is 11.8. The Morgan fingerprint density at radius 2 is 2.06 bits per heavy atom. The van der Waals surface area contributed by atoms with Crippen LogP contribution in [-0.4, -0.2) is 21.7 Å². The van der Waals surface area contributed by atoms with Crippen molar-refractivity contribution in [2.75, 3.05) is 4.90 Å². The van der Waals surface area contributed by atoms with E-state index in [4.69, 9.17) is 4.42 Å². The van der Waals surface area contributed by atoms with Crippen molar-refractivity contribution < 1.29 is 14.3 Å². The Kier molecular flexibility index (Phi) is 2.77. The van der Waals surface area contributed by atoms with Crippen LogP contribution < -0.4 is 4.90 Å². The fourth-order valence-electron chi connectivity index (χ4n) is 1.95. The highest BCUT2D eigenvalue weighted by molar-refractivity contribution is 5.90. The monoisotopic (exact) mass is 248 g/mol. The second-order valence-electron chi connectivity index (χ2n) is 5.17. The van der Waals surface area contributed by atoms with Crippen LogP contribution in [0.3, 0.4) is 0 Å². The van der Waals surface area contributed by atoms with E-state index in [-0.39, 0.29) is 0 Å². The molecule has 0 bridgehead atoms. The lowest BCUT2D eigenvalue weighted by atomic mass is 10.1. The quantitative estimate of drug-likeness (QED) is 0.839. The SMILES string of the molecule is Cc1nc2ccc(N(C(=O)O)C(C)(C)C)cc2o1. The van der Waals surface area contributed by atoms with E-state index in [9.17, 15) is 9.90 Å². The van der Waals surface area contributed by atoms with Crippen LogP contribution in [0.5, 0.6) is 0 Å². The molecule has 0 fully saturated rings. The number of oxazole rings is 1. The van der Waals surface area contributed by atoms with Crippen molar-refractivity contribution in [3.63, 3.8) is 0 Å². The van der Waals surface area contributed by atoms with Gasteiger partial charge < -0.3 is 9.52 Å². The molecule has 0 atom stereocenters. The molecule has 1 aromatic heterocycles. The lowest BCUT2D eigenvalue weighted by Crippen LogP contribution is -2.45. The van der Waals surface area contributed by atoms with Crippen LogP contribution in [0.4, 0.5) is 10.5 Å². The molecule has 1 aromatic carbocycles. The highest BCUT2D eigenvalue weighted by atomic mass is 16.4. The van der Waals surface area contributed by atoms with Gasteiger partial charge in [-0.05, 0) is 32.9 Å². The van der Waals surface area contributed by atoms with E-state index in [1.165, 1.54) is 4.90 Å². The van der Waals surface area contributed by atoms with Crippen LogP contribution in [0.25, 0.3) is 11.1 Å². The number of carbonyl (C=O) groups is 1. The number of benzene rings is 1. The molecule has 0 aliphatic heterocycles. The number of anilines is 1. The zero-order valence-electron chi connectivity index (χ0n) is 10.9. The third-order valence-electron chi connectivity index (χ3n) is 2.60. The van der Waals surface area contributed by atoms with E-state index in [2.05, 4.69) is 4.98 Å². The number of nitrogens with zero attached hydrogens (tertiary/aromatic N) is 2. The summed E-state index contributed by atoms with van der Waals surface area (Å²) < 4.78 is 5.42. The summed E-state index contributed by atoms with van der Waals surface area (Å²) in [4.78, 5) is 16.9. The largest absolute Gasteiger partial charge is 0.465 e. The van der Waals surface area contributed by atoms with Gasteiger partial charge in [-0.3, -0.25) is 4.90 Å². The van der Waals surface area contributed by atoms with Gasteiger partial charge in [0.05, 0.1) is 5.69 Å². The predicted octanol–water partition coefficient (Wildman–Crippen LogP) is 3.42. The van der Waals surface area contributed by atoms with Crippen LogP contribution in [0.15, 0.2) is 22.6 Å². The minimum Gasteiger partial charge on any atom is -0.465 e. The summed E-state index contributed by atoms with van der Waals surface area (Å²) in [6.45, 7) is 7.29. The number of fused-ring (bicyclic) bond motifs is 1. The Bertz CT molecular complexity index is 596.